The van der Waals surface area contributed by atoms with Crippen molar-refractivity contribution < 1.29 is 27.1 Å². The molecule has 1 aromatic carbocycles. The second-order valence-corrected chi connectivity index (χ2v) is 8.65. The van der Waals surface area contributed by atoms with E-state index in [4.69, 9.17) is 0 Å². The third kappa shape index (κ3) is 5.36. The number of fused-ring (bicyclic) bond motifs is 1. The number of carbonyl (C=O) groups excluding carboxylic acids is 1. The molecule has 1 aromatic rings. The van der Waals surface area contributed by atoms with Crippen molar-refractivity contribution in [2.24, 2.45) is 17.8 Å². The number of nitrogens with zero attached hydrogens (tertiary/aromatic N) is 1. The molecule has 1 aliphatic heterocycles. The molecule has 9 heteroatoms. The van der Waals surface area contributed by atoms with Crippen molar-refractivity contribution in [2.75, 3.05) is 25.0 Å². The summed E-state index contributed by atoms with van der Waals surface area (Å²) in [6.45, 7) is 5.31. The number of hydrogen-bond donors (Lipinski definition) is 2. The summed E-state index contributed by atoms with van der Waals surface area (Å²) in [6.07, 6.45) is -2.30. The summed E-state index contributed by atoms with van der Waals surface area (Å²) in [5.41, 5.74) is 0.261. The lowest BCUT2D eigenvalue weighted by Gasteiger charge is -2.26. The summed E-state index contributed by atoms with van der Waals surface area (Å²) in [5, 5.41) is 6.23. The van der Waals surface area contributed by atoms with Crippen molar-refractivity contribution in [1.29, 1.82) is 0 Å². The van der Waals surface area contributed by atoms with Gasteiger partial charge < -0.3 is 20.3 Å². The van der Waals surface area contributed by atoms with Crippen LogP contribution >= 0.6 is 0 Å². The molecule has 3 rings (SSSR count). The van der Waals surface area contributed by atoms with E-state index in [-0.39, 0.29) is 29.6 Å². The maximum atomic E-state index is 14.5. The van der Waals surface area contributed by atoms with Crippen molar-refractivity contribution in [3.63, 3.8) is 0 Å². The van der Waals surface area contributed by atoms with Crippen molar-refractivity contribution in [2.45, 2.75) is 51.6 Å². The van der Waals surface area contributed by atoms with Gasteiger partial charge in [0.2, 0.25) is 5.91 Å². The number of carbonyl (C=O) groups is 1. The van der Waals surface area contributed by atoms with Crippen LogP contribution in [0.2, 0.25) is 0 Å². The van der Waals surface area contributed by atoms with Gasteiger partial charge in [-0.05, 0) is 50.3 Å². The van der Waals surface area contributed by atoms with Crippen LogP contribution in [0.4, 0.5) is 23.2 Å². The molecule has 168 valence electrons. The van der Waals surface area contributed by atoms with Crippen LogP contribution in [0.1, 0.15) is 33.1 Å². The predicted octanol–water partition coefficient (Wildman–Crippen LogP) is 3.69. The molecule has 1 saturated heterocycles. The Hall–Kier alpha value is -2.03. The Morgan fingerprint density at radius 3 is 2.60 bits per heavy atom. The fraction of sp³-hybridized carbons (Fsp3) is 0.667. The van der Waals surface area contributed by atoms with E-state index in [9.17, 15) is 22.4 Å². The van der Waals surface area contributed by atoms with Gasteiger partial charge in [-0.1, -0.05) is 13.8 Å². The molecule has 4 atom stereocenters. The van der Waals surface area contributed by atoms with Gasteiger partial charge in [-0.25, -0.2) is 4.39 Å². The Bertz CT molecular complexity index is 756. The predicted molar refractivity (Wildman–Crippen MR) is 106 cm³/mol. The molecule has 1 amide bonds. The number of hydrogen-bond acceptors (Lipinski definition) is 4. The highest BCUT2D eigenvalue weighted by atomic mass is 19.4. The van der Waals surface area contributed by atoms with E-state index in [1.807, 2.05) is 4.90 Å². The van der Waals surface area contributed by atoms with Crippen molar-refractivity contribution in [3.05, 3.63) is 24.0 Å². The van der Waals surface area contributed by atoms with E-state index in [1.165, 1.54) is 6.07 Å². The van der Waals surface area contributed by atoms with Crippen LogP contribution < -0.4 is 20.3 Å². The smallest absolute Gasteiger partial charge is 0.406 e. The lowest BCUT2D eigenvalue weighted by Crippen LogP contribution is -2.49. The standard InChI is InChI=1S/C21H29F4N3O2/c1-12(2)8-18(26-3)20(29)27-17-6-4-13-10-28(11-15(13)17)19-7-5-14(9-16(19)22)30-21(23,24)25/h5,7,9,12-13,15,17-18,26H,4,6,8,10-11H2,1-3H3,(H,27,29)/t13-,15+,17+,18+/m1/s1. The van der Waals surface area contributed by atoms with Crippen LogP contribution in [0.25, 0.3) is 0 Å². The second-order valence-electron chi connectivity index (χ2n) is 8.65. The van der Waals surface area contributed by atoms with E-state index in [2.05, 4.69) is 29.2 Å². The van der Waals surface area contributed by atoms with Crippen molar-refractivity contribution in [1.82, 2.24) is 10.6 Å². The molecule has 30 heavy (non-hydrogen) atoms. The maximum absolute atomic E-state index is 14.5. The van der Waals surface area contributed by atoms with Gasteiger partial charge in [-0.2, -0.15) is 0 Å². The molecule has 1 heterocycles. The average molecular weight is 431 g/mol. The molecular formula is C21H29F4N3O2. The quantitative estimate of drug-likeness (QED) is 0.647. The van der Waals surface area contributed by atoms with Crippen LogP contribution in [0.3, 0.4) is 0 Å². The number of alkyl halides is 3. The summed E-state index contributed by atoms with van der Waals surface area (Å²) in [6, 6.07) is 2.99. The zero-order valence-corrected chi connectivity index (χ0v) is 17.4. The van der Waals surface area contributed by atoms with Crippen LogP contribution in [0.15, 0.2) is 18.2 Å². The Balaban J connectivity index is 1.63. The van der Waals surface area contributed by atoms with Gasteiger partial charge in [0.05, 0.1) is 11.7 Å². The SMILES string of the molecule is CN[C@@H](CC(C)C)C(=O)N[C@H]1CC[C@@H]2CN(c3ccc(OC(F)(F)F)cc3F)C[C@@H]21. The molecule has 2 aliphatic rings. The van der Waals surface area contributed by atoms with Crippen LogP contribution in [0, 0.1) is 23.6 Å². The number of halogens is 4. The van der Waals surface area contributed by atoms with Crippen molar-refractivity contribution in [3.8, 4) is 5.75 Å². The number of rotatable bonds is 7. The lowest BCUT2D eigenvalue weighted by atomic mass is 9.97. The first kappa shape index (κ1) is 22.7. The largest absolute Gasteiger partial charge is 0.573 e. The van der Waals surface area contributed by atoms with E-state index >= 15 is 0 Å². The molecule has 2 fully saturated rings. The van der Waals surface area contributed by atoms with Gasteiger partial charge in [0.15, 0.2) is 0 Å². The molecule has 2 N–H and O–H groups in total. The van der Waals surface area contributed by atoms with E-state index in [0.29, 0.717) is 24.9 Å². The maximum Gasteiger partial charge on any atom is 0.573 e. The van der Waals surface area contributed by atoms with Gasteiger partial charge in [-0.15, -0.1) is 13.2 Å². The third-order valence-corrected chi connectivity index (χ3v) is 6.05. The summed E-state index contributed by atoms with van der Waals surface area (Å²) in [5.74, 6) is -0.440. The summed E-state index contributed by atoms with van der Waals surface area (Å²) < 4.78 is 55.3. The fourth-order valence-electron chi connectivity index (χ4n) is 4.69. The molecule has 1 aliphatic carbocycles. The minimum atomic E-state index is -4.86. The molecule has 0 spiro atoms. The molecule has 1 saturated carbocycles. The Morgan fingerprint density at radius 1 is 1.27 bits per heavy atom. The number of nitrogens with one attached hydrogen (secondary N) is 2. The number of likely N-dealkylation sites (N-methyl/N-ethyl adjacent to an activating group) is 1. The Morgan fingerprint density at radius 2 is 2.00 bits per heavy atom. The molecule has 0 aromatic heterocycles. The van der Waals surface area contributed by atoms with E-state index < -0.39 is 17.9 Å². The van der Waals surface area contributed by atoms with Crippen LogP contribution in [0.5, 0.6) is 5.75 Å². The third-order valence-electron chi connectivity index (χ3n) is 6.05. The minimum absolute atomic E-state index is 0.0184. The molecular weight excluding hydrogens is 402 g/mol. The fourth-order valence-corrected chi connectivity index (χ4v) is 4.69. The van der Waals surface area contributed by atoms with Crippen LogP contribution in [-0.2, 0) is 4.79 Å². The molecule has 5 nitrogen and oxygen atoms in total. The number of benzene rings is 1. The highest BCUT2D eigenvalue weighted by molar-refractivity contribution is 5.82. The van der Waals surface area contributed by atoms with Gasteiger partial charge in [-0.3, -0.25) is 4.79 Å². The lowest BCUT2D eigenvalue weighted by molar-refractivity contribution is -0.274. The monoisotopic (exact) mass is 431 g/mol. The second kappa shape index (κ2) is 8.99. The zero-order chi connectivity index (χ0) is 22.1. The van der Waals surface area contributed by atoms with Gasteiger partial charge in [0, 0.05) is 31.1 Å². The summed E-state index contributed by atoms with van der Waals surface area (Å²) >= 11 is 0. The molecule has 0 unspecified atom stereocenters. The average Bonchev–Trinajstić information content (AvgIpc) is 3.20. The summed E-state index contributed by atoms with van der Waals surface area (Å²) in [7, 11) is 1.77. The highest BCUT2D eigenvalue weighted by Crippen LogP contribution is 2.41. The molecule has 0 radical (unpaired) electrons. The van der Waals surface area contributed by atoms with Crippen molar-refractivity contribution >= 4 is 11.6 Å². The Labute approximate surface area is 174 Å². The van der Waals surface area contributed by atoms with Gasteiger partial charge in [0.1, 0.15) is 11.6 Å². The number of amides is 1. The number of ether oxygens (including phenoxy) is 1. The summed E-state index contributed by atoms with van der Waals surface area (Å²) in [4.78, 5) is 14.5. The van der Waals surface area contributed by atoms with E-state index in [0.717, 1.165) is 31.4 Å². The highest BCUT2D eigenvalue weighted by Gasteiger charge is 2.44. The normalized spacial score (nSPS) is 24.8. The van der Waals surface area contributed by atoms with Gasteiger partial charge >= 0.3 is 6.36 Å². The van der Waals surface area contributed by atoms with Crippen LogP contribution in [-0.4, -0.2) is 44.5 Å². The zero-order valence-electron chi connectivity index (χ0n) is 17.4. The van der Waals surface area contributed by atoms with E-state index in [1.54, 1.807) is 7.05 Å². The first-order valence-corrected chi connectivity index (χ1v) is 10.3. The Kier molecular flexibility index (Phi) is 6.79. The first-order chi connectivity index (χ1) is 14.1. The topological polar surface area (TPSA) is 53.6 Å². The molecule has 0 bridgehead atoms. The minimum Gasteiger partial charge on any atom is -0.406 e. The number of anilines is 1. The van der Waals surface area contributed by atoms with Gasteiger partial charge in [0.25, 0.3) is 0 Å². The first-order valence-electron chi connectivity index (χ1n) is 10.3.